The number of rotatable bonds is 4. The average Bonchev–Trinajstić information content (AvgIpc) is 2.91. The average molecular weight is 299 g/mol. The lowest BCUT2D eigenvalue weighted by atomic mass is 9.85. The molecule has 3 rings (SSSR count). The molecule has 0 amide bonds. The standard InChI is InChI=1S/C17H17NO4/c1-2-22-17(21)13(8-15(19)20)11-7-6-10-9-18-14-5-3-4-12(11)16(10)14/h3-5,9,18H,2,6-8H2,1H3,(H,19,20)/b13-11+. The quantitative estimate of drug-likeness (QED) is 0.672. The van der Waals surface area contributed by atoms with Crippen molar-refractivity contribution < 1.29 is 19.4 Å². The van der Waals surface area contributed by atoms with Crippen LogP contribution in [-0.4, -0.2) is 28.6 Å². The Labute approximate surface area is 127 Å². The molecule has 0 atom stereocenters. The van der Waals surface area contributed by atoms with Gasteiger partial charge in [-0.25, -0.2) is 4.79 Å². The van der Waals surface area contributed by atoms with Gasteiger partial charge in [0.25, 0.3) is 0 Å². The van der Waals surface area contributed by atoms with Crippen LogP contribution in [0.1, 0.15) is 30.9 Å². The molecule has 1 aliphatic carbocycles. The monoisotopic (exact) mass is 299 g/mol. The van der Waals surface area contributed by atoms with Crippen LogP contribution in [-0.2, 0) is 20.7 Å². The number of benzene rings is 1. The second kappa shape index (κ2) is 5.67. The van der Waals surface area contributed by atoms with E-state index in [1.807, 2.05) is 24.4 Å². The normalized spacial score (nSPS) is 15.7. The van der Waals surface area contributed by atoms with Crippen LogP contribution in [0.4, 0.5) is 0 Å². The van der Waals surface area contributed by atoms with Crippen molar-refractivity contribution >= 4 is 28.4 Å². The summed E-state index contributed by atoms with van der Waals surface area (Å²) in [5.41, 5.74) is 4.19. The van der Waals surface area contributed by atoms with Gasteiger partial charge in [0.2, 0.25) is 0 Å². The molecule has 0 aliphatic heterocycles. The molecule has 0 saturated heterocycles. The van der Waals surface area contributed by atoms with Gasteiger partial charge in [0.1, 0.15) is 0 Å². The van der Waals surface area contributed by atoms with Crippen LogP contribution >= 0.6 is 0 Å². The summed E-state index contributed by atoms with van der Waals surface area (Å²) in [5.74, 6) is -1.56. The smallest absolute Gasteiger partial charge is 0.334 e. The summed E-state index contributed by atoms with van der Waals surface area (Å²) in [6, 6.07) is 5.83. The Kier molecular flexibility index (Phi) is 3.71. The summed E-state index contributed by atoms with van der Waals surface area (Å²) < 4.78 is 5.06. The van der Waals surface area contributed by atoms with Crippen molar-refractivity contribution in [1.29, 1.82) is 0 Å². The van der Waals surface area contributed by atoms with Gasteiger partial charge in [0.15, 0.2) is 0 Å². The molecular weight excluding hydrogens is 282 g/mol. The maximum Gasteiger partial charge on any atom is 0.334 e. The van der Waals surface area contributed by atoms with Crippen LogP contribution in [0.25, 0.3) is 16.5 Å². The molecule has 0 bridgehead atoms. The Hall–Kier alpha value is -2.56. The zero-order valence-electron chi connectivity index (χ0n) is 12.3. The first-order chi connectivity index (χ1) is 10.6. The SMILES string of the molecule is CCOC(=O)/C(CC(=O)O)=C1\CCc2c[nH]c3cccc1c23. The van der Waals surface area contributed by atoms with E-state index in [-0.39, 0.29) is 18.6 Å². The Balaban J connectivity index is 2.20. The maximum absolute atomic E-state index is 12.2. The molecule has 22 heavy (non-hydrogen) atoms. The van der Waals surface area contributed by atoms with Gasteiger partial charge in [-0.1, -0.05) is 12.1 Å². The number of carbonyl (C=O) groups is 2. The number of allylic oxidation sites excluding steroid dienone is 1. The minimum Gasteiger partial charge on any atom is -0.481 e. The second-order valence-corrected chi connectivity index (χ2v) is 5.29. The molecule has 0 fully saturated rings. The number of aryl methyl sites for hydroxylation is 1. The zero-order chi connectivity index (χ0) is 15.7. The Bertz CT molecular complexity index is 785. The molecule has 0 spiro atoms. The van der Waals surface area contributed by atoms with Gasteiger partial charge in [-0.3, -0.25) is 4.79 Å². The number of hydrogen-bond donors (Lipinski definition) is 2. The molecule has 114 valence electrons. The zero-order valence-corrected chi connectivity index (χ0v) is 12.3. The molecule has 0 saturated carbocycles. The molecule has 5 nitrogen and oxygen atoms in total. The van der Waals surface area contributed by atoms with Gasteiger partial charge >= 0.3 is 11.9 Å². The summed E-state index contributed by atoms with van der Waals surface area (Å²) in [6.45, 7) is 1.95. The van der Waals surface area contributed by atoms with Gasteiger partial charge in [0.05, 0.1) is 18.6 Å². The molecule has 0 radical (unpaired) electrons. The highest BCUT2D eigenvalue weighted by Gasteiger charge is 2.25. The summed E-state index contributed by atoms with van der Waals surface area (Å²) in [5, 5.41) is 10.2. The van der Waals surface area contributed by atoms with E-state index in [0.29, 0.717) is 6.42 Å². The predicted octanol–water partition coefficient (Wildman–Crippen LogP) is 2.91. The van der Waals surface area contributed by atoms with Crippen LogP contribution in [0.2, 0.25) is 0 Å². The third kappa shape index (κ3) is 2.39. The molecule has 5 heteroatoms. The first kappa shape index (κ1) is 14.4. The molecule has 1 heterocycles. The topological polar surface area (TPSA) is 79.4 Å². The minimum absolute atomic E-state index is 0.231. The highest BCUT2D eigenvalue weighted by atomic mass is 16.5. The highest BCUT2D eigenvalue weighted by Crippen LogP contribution is 2.38. The van der Waals surface area contributed by atoms with Gasteiger partial charge < -0.3 is 14.8 Å². The number of aliphatic carboxylic acids is 1. The number of nitrogens with one attached hydrogen (secondary N) is 1. The predicted molar refractivity (Wildman–Crippen MR) is 82.4 cm³/mol. The summed E-state index contributed by atoms with van der Waals surface area (Å²) in [6.07, 6.45) is 3.09. The number of esters is 1. The molecule has 2 aromatic rings. The van der Waals surface area contributed by atoms with Gasteiger partial charge in [-0.15, -0.1) is 0 Å². The molecule has 1 aliphatic rings. The van der Waals surface area contributed by atoms with E-state index >= 15 is 0 Å². The van der Waals surface area contributed by atoms with E-state index in [2.05, 4.69) is 4.98 Å². The Morgan fingerprint density at radius 2 is 2.14 bits per heavy atom. The van der Waals surface area contributed by atoms with Crippen LogP contribution in [0.15, 0.2) is 30.0 Å². The van der Waals surface area contributed by atoms with Crippen molar-refractivity contribution in [3.8, 4) is 0 Å². The number of carboxylic acids is 1. The molecule has 1 aromatic carbocycles. The van der Waals surface area contributed by atoms with Crippen molar-refractivity contribution in [3.05, 3.63) is 41.1 Å². The number of aromatic amines is 1. The number of ether oxygens (including phenoxy) is 1. The van der Waals surface area contributed by atoms with Gasteiger partial charge in [-0.05, 0) is 42.5 Å². The summed E-state index contributed by atoms with van der Waals surface area (Å²) in [4.78, 5) is 26.6. The molecule has 2 N–H and O–H groups in total. The van der Waals surface area contributed by atoms with Crippen molar-refractivity contribution in [2.24, 2.45) is 0 Å². The van der Waals surface area contributed by atoms with Crippen molar-refractivity contribution in [3.63, 3.8) is 0 Å². The van der Waals surface area contributed by atoms with Crippen LogP contribution < -0.4 is 0 Å². The number of carbonyl (C=O) groups excluding carboxylic acids is 1. The lowest BCUT2D eigenvalue weighted by Crippen LogP contribution is -2.15. The lowest BCUT2D eigenvalue weighted by Gasteiger charge is -2.19. The fraction of sp³-hybridized carbons (Fsp3) is 0.294. The van der Waals surface area contributed by atoms with Gasteiger partial charge in [-0.2, -0.15) is 0 Å². The first-order valence-electron chi connectivity index (χ1n) is 7.32. The van der Waals surface area contributed by atoms with Crippen LogP contribution in [0.3, 0.4) is 0 Å². The van der Waals surface area contributed by atoms with E-state index in [1.54, 1.807) is 6.92 Å². The fourth-order valence-corrected chi connectivity index (χ4v) is 3.08. The van der Waals surface area contributed by atoms with E-state index < -0.39 is 11.9 Å². The molecular formula is C17H17NO4. The Morgan fingerprint density at radius 3 is 2.86 bits per heavy atom. The van der Waals surface area contributed by atoms with Crippen molar-refractivity contribution in [2.45, 2.75) is 26.2 Å². The third-order valence-electron chi connectivity index (χ3n) is 3.97. The van der Waals surface area contributed by atoms with Crippen molar-refractivity contribution in [1.82, 2.24) is 4.98 Å². The summed E-state index contributed by atoms with van der Waals surface area (Å²) in [7, 11) is 0. The van der Waals surface area contributed by atoms with Gasteiger partial charge in [0, 0.05) is 17.1 Å². The van der Waals surface area contributed by atoms with E-state index in [1.165, 1.54) is 5.56 Å². The summed E-state index contributed by atoms with van der Waals surface area (Å²) >= 11 is 0. The van der Waals surface area contributed by atoms with Crippen LogP contribution in [0.5, 0.6) is 0 Å². The second-order valence-electron chi connectivity index (χ2n) is 5.29. The molecule has 0 unspecified atom stereocenters. The van der Waals surface area contributed by atoms with E-state index in [0.717, 1.165) is 28.5 Å². The van der Waals surface area contributed by atoms with E-state index in [9.17, 15) is 9.59 Å². The highest BCUT2D eigenvalue weighted by molar-refractivity contribution is 6.06. The van der Waals surface area contributed by atoms with E-state index in [4.69, 9.17) is 9.84 Å². The third-order valence-corrected chi connectivity index (χ3v) is 3.97. The van der Waals surface area contributed by atoms with Crippen LogP contribution in [0, 0.1) is 0 Å². The fourth-order valence-electron chi connectivity index (χ4n) is 3.08. The molecule has 1 aromatic heterocycles. The number of aromatic nitrogens is 1. The van der Waals surface area contributed by atoms with Crippen molar-refractivity contribution in [2.75, 3.05) is 6.61 Å². The number of hydrogen-bond acceptors (Lipinski definition) is 3. The first-order valence-corrected chi connectivity index (χ1v) is 7.32. The lowest BCUT2D eigenvalue weighted by molar-refractivity contribution is -0.142. The number of H-pyrrole nitrogens is 1. The number of carboxylic acid groups (broad SMARTS) is 1. The minimum atomic E-state index is -1.03. The Morgan fingerprint density at radius 1 is 1.32 bits per heavy atom. The maximum atomic E-state index is 12.2. The largest absolute Gasteiger partial charge is 0.481 e.